The molecule has 0 aromatic heterocycles. The van der Waals surface area contributed by atoms with Crippen molar-refractivity contribution in [3.63, 3.8) is 0 Å². The number of hydrogen-bond acceptors (Lipinski definition) is 3. The molecular formula is C21H22BrNO2S. The van der Waals surface area contributed by atoms with Gasteiger partial charge in [0.05, 0.1) is 4.90 Å². The molecule has 0 bridgehead atoms. The standard InChI is InChI=1S/C21H22BrNO2S/c1-15-9-11-19(12-10-15)26(24,25)17(3)21-14-23(13-20(21)16(2)22)18-7-5-4-6-8-18/h4-12,20-21H,2-3,13-14H2,1H3/t20-,21-/m0/s1. The van der Waals surface area contributed by atoms with Crippen LogP contribution in [0.15, 0.2) is 82.0 Å². The molecule has 3 rings (SSSR count). The summed E-state index contributed by atoms with van der Waals surface area (Å²) in [6, 6.07) is 16.9. The third-order valence-electron chi connectivity index (χ3n) is 4.93. The van der Waals surface area contributed by atoms with Crippen molar-refractivity contribution in [1.29, 1.82) is 0 Å². The van der Waals surface area contributed by atoms with Gasteiger partial charge in [0.15, 0.2) is 0 Å². The highest BCUT2D eigenvalue weighted by Crippen LogP contribution is 2.40. The smallest absolute Gasteiger partial charge is 0.202 e. The summed E-state index contributed by atoms with van der Waals surface area (Å²) in [6.07, 6.45) is 0. The molecule has 1 heterocycles. The fourth-order valence-electron chi connectivity index (χ4n) is 3.37. The van der Waals surface area contributed by atoms with E-state index >= 15 is 0 Å². The predicted molar refractivity (Wildman–Crippen MR) is 111 cm³/mol. The quantitative estimate of drug-likeness (QED) is 0.672. The van der Waals surface area contributed by atoms with Gasteiger partial charge in [0.2, 0.25) is 9.84 Å². The second kappa shape index (κ2) is 7.41. The Labute approximate surface area is 164 Å². The zero-order valence-corrected chi connectivity index (χ0v) is 17.1. The summed E-state index contributed by atoms with van der Waals surface area (Å²) >= 11 is 3.49. The number of halogens is 1. The largest absolute Gasteiger partial charge is 0.370 e. The minimum Gasteiger partial charge on any atom is -0.370 e. The normalized spacial score (nSPS) is 20.2. The second-order valence-corrected chi connectivity index (χ2v) is 9.70. The Balaban J connectivity index is 1.91. The number of rotatable bonds is 5. The van der Waals surface area contributed by atoms with E-state index in [1.54, 1.807) is 12.1 Å². The Hall–Kier alpha value is -1.85. The van der Waals surface area contributed by atoms with Gasteiger partial charge in [-0.25, -0.2) is 8.42 Å². The first-order chi connectivity index (χ1) is 12.3. The first-order valence-corrected chi connectivity index (χ1v) is 10.7. The van der Waals surface area contributed by atoms with Gasteiger partial charge < -0.3 is 4.90 Å². The molecule has 0 radical (unpaired) electrons. The summed E-state index contributed by atoms with van der Waals surface area (Å²) in [4.78, 5) is 2.74. The average Bonchev–Trinajstić information content (AvgIpc) is 3.07. The van der Waals surface area contributed by atoms with Gasteiger partial charge in [-0.2, -0.15) is 0 Å². The predicted octanol–water partition coefficient (Wildman–Crippen LogP) is 4.94. The van der Waals surface area contributed by atoms with E-state index in [4.69, 9.17) is 0 Å². The lowest BCUT2D eigenvalue weighted by Crippen LogP contribution is -2.22. The Morgan fingerprint density at radius 1 is 1.00 bits per heavy atom. The van der Waals surface area contributed by atoms with Crippen molar-refractivity contribution in [2.24, 2.45) is 11.8 Å². The van der Waals surface area contributed by atoms with Crippen LogP contribution in [0.5, 0.6) is 0 Å². The van der Waals surface area contributed by atoms with E-state index in [-0.39, 0.29) is 16.7 Å². The molecule has 0 N–H and O–H groups in total. The van der Waals surface area contributed by atoms with Crippen molar-refractivity contribution in [1.82, 2.24) is 0 Å². The van der Waals surface area contributed by atoms with Crippen molar-refractivity contribution in [3.8, 4) is 0 Å². The van der Waals surface area contributed by atoms with Crippen LogP contribution in [0.3, 0.4) is 0 Å². The first kappa shape index (κ1) is 18.9. The van der Waals surface area contributed by atoms with Crippen molar-refractivity contribution >= 4 is 31.5 Å². The molecule has 2 aromatic rings. The van der Waals surface area contributed by atoms with Crippen LogP contribution in [0.1, 0.15) is 5.56 Å². The van der Waals surface area contributed by atoms with Crippen molar-refractivity contribution in [2.75, 3.05) is 18.0 Å². The van der Waals surface area contributed by atoms with Crippen LogP contribution in [0.2, 0.25) is 0 Å². The van der Waals surface area contributed by atoms with Crippen LogP contribution in [-0.4, -0.2) is 21.5 Å². The monoisotopic (exact) mass is 431 g/mol. The van der Waals surface area contributed by atoms with Gasteiger partial charge in [0, 0.05) is 35.5 Å². The van der Waals surface area contributed by atoms with E-state index in [0.29, 0.717) is 18.0 Å². The Morgan fingerprint density at radius 2 is 1.58 bits per heavy atom. The third-order valence-corrected chi connectivity index (χ3v) is 7.41. The van der Waals surface area contributed by atoms with Gasteiger partial charge in [-0.1, -0.05) is 65.0 Å². The number of para-hydroxylation sites is 1. The summed E-state index contributed by atoms with van der Waals surface area (Å²) in [5.41, 5.74) is 2.10. The number of sulfone groups is 1. The van der Waals surface area contributed by atoms with Gasteiger partial charge in [-0.3, -0.25) is 0 Å². The van der Waals surface area contributed by atoms with Crippen LogP contribution in [0.25, 0.3) is 0 Å². The summed E-state index contributed by atoms with van der Waals surface area (Å²) < 4.78 is 27.0. The molecule has 1 fully saturated rings. The minimum absolute atomic E-state index is 0.0112. The summed E-state index contributed by atoms with van der Waals surface area (Å²) in [5, 5.41) is 0. The minimum atomic E-state index is -3.59. The third kappa shape index (κ3) is 3.64. The maximum atomic E-state index is 13.1. The van der Waals surface area contributed by atoms with Crippen LogP contribution in [0, 0.1) is 18.8 Å². The molecule has 1 aliphatic heterocycles. The molecule has 3 nitrogen and oxygen atoms in total. The lowest BCUT2D eigenvalue weighted by atomic mass is 9.96. The molecule has 26 heavy (non-hydrogen) atoms. The maximum absolute atomic E-state index is 13.1. The highest BCUT2D eigenvalue weighted by molar-refractivity contribution is 9.11. The summed E-state index contributed by atoms with van der Waals surface area (Å²) in [6.45, 7) is 11.3. The van der Waals surface area contributed by atoms with Gasteiger partial charge in [-0.15, -0.1) is 0 Å². The van der Waals surface area contributed by atoms with E-state index in [9.17, 15) is 8.42 Å². The average molecular weight is 432 g/mol. The topological polar surface area (TPSA) is 37.4 Å². The Kier molecular flexibility index (Phi) is 5.39. The van der Waals surface area contributed by atoms with Crippen LogP contribution < -0.4 is 4.90 Å². The molecule has 136 valence electrons. The van der Waals surface area contributed by atoms with Gasteiger partial charge in [-0.05, 0) is 35.7 Å². The summed E-state index contributed by atoms with van der Waals surface area (Å²) in [7, 11) is -3.59. The number of anilines is 1. The van der Waals surface area contributed by atoms with E-state index < -0.39 is 9.84 Å². The second-order valence-electron chi connectivity index (χ2n) is 6.68. The molecule has 0 amide bonds. The van der Waals surface area contributed by atoms with Crippen molar-refractivity contribution in [2.45, 2.75) is 11.8 Å². The van der Waals surface area contributed by atoms with Crippen LogP contribution in [-0.2, 0) is 9.84 Å². The molecule has 1 aliphatic rings. The highest BCUT2D eigenvalue weighted by atomic mass is 79.9. The Bertz CT molecular complexity index is 920. The molecule has 0 spiro atoms. The van der Waals surface area contributed by atoms with Crippen LogP contribution >= 0.6 is 15.9 Å². The van der Waals surface area contributed by atoms with Gasteiger partial charge in [0.25, 0.3) is 0 Å². The zero-order chi connectivity index (χ0) is 18.9. The SMILES string of the molecule is C=C(Br)[C@@H]1CN(c2ccccc2)C[C@H]1C(=C)S(=O)(=O)c1ccc(C)cc1. The van der Waals surface area contributed by atoms with E-state index in [1.807, 2.05) is 49.4 Å². The lowest BCUT2D eigenvalue weighted by Gasteiger charge is -2.20. The van der Waals surface area contributed by atoms with Gasteiger partial charge >= 0.3 is 0 Å². The molecule has 0 unspecified atom stereocenters. The molecule has 5 heteroatoms. The molecule has 2 atom stereocenters. The van der Waals surface area contributed by atoms with E-state index in [1.165, 1.54) is 0 Å². The lowest BCUT2D eigenvalue weighted by molar-refractivity contribution is 0.559. The maximum Gasteiger partial charge on any atom is 0.202 e. The zero-order valence-electron chi connectivity index (χ0n) is 14.7. The molecule has 0 saturated carbocycles. The van der Waals surface area contributed by atoms with Crippen molar-refractivity contribution in [3.05, 3.63) is 82.7 Å². The molecular weight excluding hydrogens is 410 g/mol. The highest BCUT2D eigenvalue weighted by Gasteiger charge is 2.40. The Morgan fingerprint density at radius 3 is 2.15 bits per heavy atom. The van der Waals surface area contributed by atoms with Crippen LogP contribution in [0.4, 0.5) is 5.69 Å². The van der Waals surface area contributed by atoms with Gasteiger partial charge in [0.1, 0.15) is 0 Å². The van der Waals surface area contributed by atoms with Crippen molar-refractivity contribution < 1.29 is 8.42 Å². The summed E-state index contributed by atoms with van der Waals surface area (Å²) in [5.74, 6) is -0.226. The molecule has 2 aromatic carbocycles. The first-order valence-electron chi connectivity index (χ1n) is 8.45. The fraction of sp³-hybridized carbons (Fsp3) is 0.238. The molecule has 0 aliphatic carbocycles. The number of aryl methyl sites for hydroxylation is 1. The van der Waals surface area contributed by atoms with E-state index in [2.05, 4.69) is 34.0 Å². The fourth-order valence-corrected chi connectivity index (χ4v) is 5.26. The number of nitrogens with zero attached hydrogens (tertiary/aromatic N) is 1. The number of hydrogen-bond donors (Lipinski definition) is 0. The van der Waals surface area contributed by atoms with E-state index in [0.717, 1.165) is 15.7 Å². The molecule has 1 saturated heterocycles. The number of benzene rings is 2.